The summed E-state index contributed by atoms with van der Waals surface area (Å²) in [6, 6.07) is 9.99. The second-order valence-electron chi connectivity index (χ2n) is 6.73. The van der Waals surface area contributed by atoms with Gasteiger partial charge in [0.25, 0.3) is 0 Å². The molecule has 2 aromatic rings. The lowest BCUT2D eigenvalue weighted by Crippen LogP contribution is -2.48. The van der Waals surface area contributed by atoms with Crippen molar-refractivity contribution in [3.63, 3.8) is 0 Å². The fourth-order valence-corrected chi connectivity index (χ4v) is 3.51. The van der Waals surface area contributed by atoms with E-state index >= 15 is 0 Å². The number of carbonyl (C=O) groups excluding carboxylic acids is 1. The third-order valence-electron chi connectivity index (χ3n) is 4.59. The van der Waals surface area contributed by atoms with Crippen molar-refractivity contribution in [2.75, 3.05) is 19.8 Å². The number of benzene rings is 1. The zero-order valence-corrected chi connectivity index (χ0v) is 14.6. The van der Waals surface area contributed by atoms with Gasteiger partial charge in [-0.3, -0.25) is 0 Å². The summed E-state index contributed by atoms with van der Waals surface area (Å²) in [6.07, 6.45) is 2.07. The third kappa shape index (κ3) is 2.92. The van der Waals surface area contributed by atoms with Gasteiger partial charge in [-0.25, -0.2) is 4.79 Å². The van der Waals surface area contributed by atoms with Crippen molar-refractivity contribution in [3.8, 4) is 11.5 Å². The van der Waals surface area contributed by atoms with Crippen LogP contribution in [-0.2, 0) is 6.54 Å². The first kappa shape index (κ1) is 15.9. The molecular weight excluding hydrogens is 318 g/mol. The summed E-state index contributed by atoms with van der Waals surface area (Å²) in [5, 5.41) is 3.02. The number of amides is 2. The van der Waals surface area contributed by atoms with Crippen molar-refractivity contribution in [3.05, 3.63) is 47.8 Å². The van der Waals surface area contributed by atoms with E-state index in [0.29, 0.717) is 19.8 Å². The first-order valence-electron chi connectivity index (χ1n) is 8.75. The zero-order chi connectivity index (χ0) is 17.4. The standard InChI is InChI=1S/C19H23N3O3/c1-13(2)20-19(23)22-9-8-21-7-3-4-15(21)18(22)14-5-6-16-17(12-14)25-11-10-24-16/h3-7,12-13,18H,8-11H2,1-2H3,(H,20,23)/t18-/m1/s1. The number of carbonyl (C=O) groups is 1. The minimum Gasteiger partial charge on any atom is -0.486 e. The molecule has 1 aromatic carbocycles. The van der Waals surface area contributed by atoms with Gasteiger partial charge < -0.3 is 24.3 Å². The van der Waals surface area contributed by atoms with Gasteiger partial charge in [0, 0.05) is 31.0 Å². The van der Waals surface area contributed by atoms with Crippen LogP contribution in [0.3, 0.4) is 0 Å². The SMILES string of the molecule is CC(C)NC(=O)N1CCn2cccc2[C@H]1c1ccc2c(c1)OCCO2. The highest BCUT2D eigenvalue weighted by atomic mass is 16.6. The van der Waals surface area contributed by atoms with E-state index in [9.17, 15) is 4.79 Å². The molecule has 1 atom stereocenters. The molecule has 1 aromatic heterocycles. The number of nitrogens with zero attached hydrogens (tertiary/aromatic N) is 2. The van der Waals surface area contributed by atoms with Gasteiger partial charge in [-0.15, -0.1) is 0 Å². The van der Waals surface area contributed by atoms with E-state index in [4.69, 9.17) is 9.47 Å². The summed E-state index contributed by atoms with van der Waals surface area (Å²) in [7, 11) is 0. The normalized spacial score (nSPS) is 18.8. The number of aromatic nitrogens is 1. The van der Waals surface area contributed by atoms with E-state index in [1.807, 2.05) is 43.0 Å². The predicted octanol–water partition coefficient (Wildman–Crippen LogP) is 2.78. The van der Waals surface area contributed by atoms with Crippen LogP contribution >= 0.6 is 0 Å². The number of rotatable bonds is 2. The van der Waals surface area contributed by atoms with Crippen molar-refractivity contribution in [1.29, 1.82) is 0 Å². The molecule has 132 valence electrons. The molecule has 0 saturated carbocycles. The summed E-state index contributed by atoms with van der Waals surface area (Å²) in [5.41, 5.74) is 2.14. The van der Waals surface area contributed by atoms with Gasteiger partial charge in [-0.05, 0) is 43.7 Å². The lowest BCUT2D eigenvalue weighted by Gasteiger charge is -2.38. The minimum atomic E-state index is -0.140. The molecule has 4 rings (SSSR count). The van der Waals surface area contributed by atoms with Gasteiger partial charge in [0.2, 0.25) is 0 Å². The van der Waals surface area contributed by atoms with Crippen LogP contribution < -0.4 is 14.8 Å². The highest BCUT2D eigenvalue weighted by Crippen LogP contribution is 2.38. The van der Waals surface area contributed by atoms with E-state index in [1.54, 1.807) is 0 Å². The van der Waals surface area contributed by atoms with Crippen LogP contribution in [0.25, 0.3) is 0 Å². The number of ether oxygens (including phenoxy) is 2. The van der Waals surface area contributed by atoms with E-state index < -0.39 is 0 Å². The Bertz CT molecular complexity index is 784. The average molecular weight is 341 g/mol. The number of hydrogen-bond donors (Lipinski definition) is 1. The van der Waals surface area contributed by atoms with E-state index in [-0.39, 0.29) is 18.1 Å². The average Bonchev–Trinajstić information content (AvgIpc) is 3.08. The van der Waals surface area contributed by atoms with Crippen molar-refractivity contribution >= 4 is 6.03 Å². The van der Waals surface area contributed by atoms with Crippen LogP contribution in [0.1, 0.15) is 31.1 Å². The van der Waals surface area contributed by atoms with Crippen molar-refractivity contribution in [2.45, 2.75) is 32.5 Å². The Morgan fingerprint density at radius 3 is 2.76 bits per heavy atom. The second kappa shape index (κ2) is 6.35. The van der Waals surface area contributed by atoms with Crippen LogP contribution in [-0.4, -0.2) is 41.3 Å². The fourth-order valence-electron chi connectivity index (χ4n) is 3.51. The van der Waals surface area contributed by atoms with Gasteiger partial charge in [0.05, 0.1) is 6.04 Å². The maximum atomic E-state index is 12.8. The summed E-state index contributed by atoms with van der Waals surface area (Å²) >= 11 is 0. The Morgan fingerprint density at radius 2 is 1.96 bits per heavy atom. The molecule has 3 heterocycles. The lowest BCUT2D eigenvalue weighted by molar-refractivity contribution is 0.163. The van der Waals surface area contributed by atoms with E-state index in [0.717, 1.165) is 29.3 Å². The maximum absolute atomic E-state index is 12.8. The Balaban J connectivity index is 1.73. The Labute approximate surface area is 147 Å². The molecule has 0 spiro atoms. The van der Waals surface area contributed by atoms with Gasteiger partial charge >= 0.3 is 6.03 Å². The monoisotopic (exact) mass is 341 g/mol. The van der Waals surface area contributed by atoms with Crippen LogP contribution in [0.4, 0.5) is 4.79 Å². The number of nitrogens with one attached hydrogen (secondary N) is 1. The highest BCUT2D eigenvalue weighted by Gasteiger charge is 2.33. The number of fused-ring (bicyclic) bond motifs is 2. The van der Waals surface area contributed by atoms with E-state index in [1.165, 1.54) is 0 Å². The van der Waals surface area contributed by atoms with Gasteiger partial charge in [0.15, 0.2) is 11.5 Å². The topological polar surface area (TPSA) is 55.7 Å². The summed E-state index contributed by atoms with van der Waals surface area (Å²) in [5.74, 6) is 1.51. The number of urea groups is 1. The Kier molecular flexibility index (Phi) is 4.03. The molecule has 1 N–H and O–H groups in total. The molecule has 2 amide bonds. The van der Waals surface area contributed by atoms with E-state index in [2.05, 4.69) is 22.1 Å². The van der Waals surface area contributed by atoms with Crippen LogP contribution in [0.5, 0.6) is 11.5 Å². The third-order valence-corrected chi connectivity index (χ3v) is 4.59. The van der Waals surface area contributed by atoms with Gasteiger partial charge in [-0.2, -0.15) is 0 Å². The second-order valence-corrected chi connectivity index (χ2v) is 6.73. The summed E-state index contributed by atoms with van der Waals surface area (Å²) < 4.78 is 13.6. The van der Waals surface area contributed by atoms with Gasteiger partial charge in [-0.1, -0.05) is 6.07 Å². The first-order valence-corrected chi connectivity index (χ1v) is 8.75. The molecule has 6 nitrogen and oxygen atoms in total. The molecule has 2 aliphatic heterocycles. The molecule has 0 saturated heterocycles. The molecule has 6 heteroatoms. The summed E-state index contributed by atoms with van der Waals surface area (Å²) in [6.45, 7) is 6.54. The Hall–Kier alpha value is -2.63. The smallest absolute Gasteiger partial charge is 0.318 e. The molecule has 0 bridgehead atoms. The predicted molar refractivity (Wildman–Crippen MR) is 94.1 cm³/mol. The maximum Gasteiger partial charge on any atom is 0.318 e. The molecule has 0 unspecified atom stereocenters. The molecule has 0 fully saturated rings. The first-order chi connectivity index (χ1) is 12.1. The molecule has 0 aliphatic carbocycles. The molecule has 0 radical (unpaired) electrons. The highest BCUT2D eigenvalue weighted by molar-refractivity contribution is 5.76. The van der Waals surface area contributed by atoms with Crippen LogP contribution in [0.15, 0.2) is 36.5 Å². The van der Waals surface area contributed by atoms with Crippen molar-refractivity contribution in [1.82, 2.24) is 14.8 Å². The fraction of sp³-hybridized carbons (Fsp3) is 0.421. The molecule has 25 heavy (non-hydrogen) atoms. The zero-order valence-electron chi connectivity index (χ0n) is 14.6. The van der Waals surface area contributed by atoms with Crippen molar-refractivity contribution in [2.24, 2.45) is 0 Å². The largest absolute Gasteiger partial charge is 0.486 e. The minimum absolute atomic E-state index is 0.0395. The van der Waals surface area contributed by atoms with Crippen molar-refractivity contribution < 1.29 is 14.3 Å². The Morgan fingerprint density at radius 1 is 1.16 bits per heavy atom. The van der Waals surface area contributed by atoms with Crippen LogP contribution in [0, 0.1) is 0 Å². The molecular formula is C19H23N3O3. The quantitative estimate of drug-likeness (QED) is 0.914. The molecule has 2 aliphatic rings. The summed E-state index contributed by atoms with van der Waals surface area (Å²) in [4.78, 5) is 14.7. The number of hydrogen-bond acceptors (Lipinski definition) is 3. The van der Waals surface area contributed by atoms with Gasteiger partial charge in [0.1, 0.15) is 13.2 Å². The lowest BCUT2D eigenvalue weighted by atomic mass is 9.99. The van der Waals surface area contributed by atoms with Crippen LogP contribution in [0.2, 0.25) is 0 Å².